The number of hydrogen-bond acceptors (Lipinski definition) is 4. The summed E-state index contributed by atoms with van der Waals surface area (Å²) in [6.07, 6.45) is 0.847. The van der Waals surface area contributed by atoms with Gasteiger partial charge in [-0.3, -0.25) is 9.36 Å². The molecule has 0 saturated heterocycles. The van der Waals surface area contributed by atoms with E-state index in [9.17, 15) is 13.2 Å². The molecule has 2 aromatic carbocycles. The van der Waals surface area contributed by atoms with Crippen LogP contribution in [-0.2, 0) is 16.6 Å². The summed E-state index contributed by atoms with van der Waals surface area (Å²) in [4.78, 5) is 12.3. The number of fused-ring (bicyclic) bond motifs is 1. The molecule has 0 spiro atoms. The van der Waals surface area contributed by atoms with Gasteiger partial charge in [0.1, 0.15) is 0 Å². The van der Waals surface area contributed by atoms with E-state index in [4.69, 9.17) is 0 Å². The van der Waals surface area contributed by atoms with Crippen molar-refractivity contribution in [3.05, 3.63) is 62.3 Å². The Labute approximate surface area is 170 Å². The van der Waals surface area contributed by atoms with E-state index in [0.717, 1.165) is 40.0 Å². The number of sulfonamides is 1. The largest absolute Gasteiger partial charge is 0.308 e. The fourth-order valence-corrected chi connectivity index (χ4v) is 5.74. The molecule has 5 nitrogen and oxygen atoms in total. The first-order valence-corrected chi connectivity index (χ1v) is 11.7. The van der Waals surface area contributed by atoms with Gasteiger partial charge in [0.05, 0.1) is 15.1 Å². The highest BCUT2D eigenvalue weighted by atomic mass is 32.2. The molecular weight excluding hydrogens is 392 g/mol. The lowest BCUT2D eigenvalue weighted by atomic mass is 9.97. The van der Waals surface area contributed by atoms with Gasteiger partial charge < -0.3 is 0 Å². The zero-order valence-electron chi connectivity index (χ0n) is 16.9. The third-order valence-corrected chi connectivity index (χ3v) is 7.56. The summed E-state index contributed by atoms with van der Waals surface area (Å²) in [7, 11) is -3.71. The van der Waals surface area contributed by atoms with Crippen molar-refractivity contribution in [2.24, 2.45) is 0 Å². The summed E-state index contributed by atoms with van der Waals surface area (Å²) < 4.78 is 31.1. The predicted octanol–water partition coefficient (Wildman–Crippen LogP) is 4.44. The number of aromatic nitrogens is 1. The van der Waals surface area contributed by atoms with Crippen LogP contribution in [0.2, 0.25) is 0 Å². The zero-order chi connectivity index (χ0) is 20.6. The molecule has 7 heteroatoms. The minimum absolute atomic E-state index is 0.0570. The smallest absolute Gasteiger partial charge is 0.299 e. The Kier molecular flexibility index (Phi) is 5.79. The fourth-order valence-electron chi connectivity index (χ4n) is 3.46. The molecule has 150 valence electrons. The summed E-state index contributed by atoms with van der Waals surface area (Å²) in [5.41, 5.74) is 5.13. The van der Waals surface area contributed by atoms with Crippen LogP contribution in [0.25, 0.3) is 10.2 Å². The Hall–Kier alpha value is -1.96. The van der Waals surface area contributed by atoms with Crippen LogP contribution in [0.4, 0.5) is 0 Å². The second kappa shape index (κ2) is 7.81. The minimum Gasteiger partial charge on any atom is -0.299 e. The van der Waals surface area contributed by atoms with E-state index >= 15 is 0 Å². The molecule has 1 N–H and O–H groups in total. The number of hydrogen-bond donors (Lipinski definition) is 1. The maximum absolute atomic E-state index is 12.9. The molecule has 1 aromatic heterocycles. The SMILES string of the molecule is CCCn1c(=O)sc2cc(S(=O)(=O)NC(C)c3cc(C)c(C)cc3C)ccc21. The van der Waals surface area contributed by atoms with Gasteiger partial charge in [-0.2, -0.15) is 0 Å². The van der Waals surface area contributed by atoms with E-state index in [1.54, 1.807) is 22.8 Å². The highest BCUT2D eigenvalue weighted by Gasteiger charge is 2.21. The molecule has 0 bridgehead atoms. The van der Waals surface area contributed by atoms with Crippen LogP contribution < -0.4 is 9.60 Å². The molecule has 0 fully saturated rings. The molecular formula is C21H26N2O3S2. The van der Waals surface area contributed by atoms with Crippen LogP contribution in [0.3, 0.4) is 0 Å². The van der Waals surface area contributed by atoms with Gasteiger partial charge in [-0.15, -0.1) is 0 Å². The second-order valence-corrected chi connectivity index (χ2v) is 9.99. The molecule has 0 aliphatic heterocycles. The van der Waals surface area contributed by atoms with Crippen molar-refractivity contribution >= 4 is 31.6 Å². The molecule has 1 unspecified atom stereocenters. The van der Waals surface area contributed by atoms with Gasteiger partial charge >= 0.3 is 4.87 Å². The van der Waals surface area contributed by atoms with E-state index in [-0.39, 0.29) is 15.8 Å². The number of nitrogens with one attached hydrogen (secondary N) is 1. The highest BCUT2D eigenvalue weighted by Crippen LogP contribution is 2.26. The lowest BCUT2D eigenvalue weighted by molar-refractivity contribution is 0.566. The Morgan fingerprint density at radius 3 is 2.43 bits per heavy atom. The molecule has 3 aromatic rings. The van der Waals surface area contributed by atoms with Crippen LogP contribution in [0.15, 0.2) is 40.0 Å². The summed E-state index contributed by atoms with van der Waals surface area (Å²) in [6, 6.07) is 8.65. The van der Waals surface area contributed by atoms with E-state index in [2.05, 4.69) is 10.8 Å². The normalized spacial score (nSPS) is 13.2. The van der Waals surface area contributed by atoms with Crippen LogP contribution >= 0.6 is 11.3 Å². The number of thiazole rings is 1. The Morgan fingerprint density at radius 2 is 1.75 bits per heavy atom. The zero-order valence-corrected chi connectivity index (χ0v) is 18.5. The van der Waals surface area contributed by atoms with E-state index in [1.165, 1.54) is 5.56 Å². The molecule has 0 saturated carbocycles. The predicted molar refractivity (Wildman–Crippen MR) is 116 cm³/mol. The van der Waals surface area contributed by atoms with E-state index in [1.807, 2.05) is 40.7 Å². The third-order valence-electron chi connectivity index (χ3n) is 5.08. The van der Waals surface area contributed by atoms with Gasteiger partial charge in [0.15, 0.2) is 0 Å². The minimum atomic E-state index is -3.71. The number of aryl methyl sites for hydroxylation is 4. The van der Waals surface area contributed by atoms with Gasteiger partial charge in [-0.25, -0.2) is 13.1 Å². The first-order chi connectivity index (χ1) is 13.1. The van der Waals surface area contributed by atoms with Crippen LogP contribution in [0.5, 0.6) is 0 Å². The van der Waals surface area contributed by atoms with Crippen LogP contribution in [-0.4, -0.2) is 13.0 Å². The number of nitrogens with zero attached hydrogens (tertiary/aromatic N) is 1. The van der Waals surface area contributed by atoms with Crippen molar-refractivity contribution in [1.82, 2.24) is 9.29 Å². The Balaban J connectivity index is 1.94. The molecule has 0 aliphatic rings. The Bertz CT molecular complexity index is 1190. The topological polar surface area (TPSA) is 68.2 Å². The van der Waals surface area contributed by atoms with Gasteiger partial charge in [0.2, 0.25) is 10.0 Å². The van der Waals surface area contributed by atoms with Crippen molar-refractivity contribution in [3.63, 3.8) is 0 Å². The van der Waals surface area contributed by atoms with Crippen LogP contribution in [0.1, 0.15) is 48.6 Å². The summed E-state index contributed by atoms with van der Waals surface area (Å²) in [6.45, 7) is 10.6. The first kappa shape index (κ1) is 20.8. The fraction of sp³-hybridized carbons (Fsp3) is 0.381. The lowest BCUT2D eigenvalue weighted by Crippen LogP contribution is -2.27. The molecule has 28 heavy (non-hydrogen) atoms. The van der Waals surface area contributed by atoms with E-state index in [0.29, 0.717) is 11.2 Å². The maximum atomic E-state index is 12.9. The molecule has 1 heterocycles. The average Bonchev–Trinajstić information content (AvgIpc) is 2.93. The first-order valence-electron chi connectivity index (χ1n) is 9.37. The molecule has 0 amide bonds. The number of benzene rings is 2. The third kappa shape index (κ3) is 3.92. The highest BCUT2D eigenvalue weighted by molar-refractivity contribution is 7.89. The Morgan fingerprint density at radius 1 is 1.07 bits per heavy atom. The standard InChI is InChI=1S/C21H26N2O3S2/c1-6-9-23-19-8-7-17(12-20(19)27-21(23)24)28(25,26)22-16(5)18-11-14(3)13(2)10-15(18)4/h7-8,10-12,16,22H,6,9H2,1-5H3. The van der Waals surface area contributed by atoms with Gasteiger partial charge in [-0.1, -0.05) is 30.4 Å². The van der Waals surface area contributed by atoms with Gasteiger partial charge in [0.25, 0.3) is 0 Å². The monoisotopic (exact) mass is 418 g/mol. The lowest BCUT2D eigenvalue weighted by Gasteiger charge is -2.18. The van der Waals surface area contributed by atoms with Crippen molar-refractivity contribution in [1.29, 1.82) is 0 Å². The molecule has 0 radical (unpaired) electrons. The van der Waals surface area contributed by atoms with Crippen molar-refractivity contribution < 1.29 is 8.42 Å². The quantitative estimate of drug-likeness (QED) is 0.643. The molecule has 1 atom stereocenters. The van der Waals surface area contributed by atoms with Crippen molar-refractivity contribution in [2.75, 3.05) is 0 Å². The number of rotatable bonds is 6. The van der Waals surface area contributed by atoms with Gasteiger partial charge in [0, 0.05) is 12.6 Å². The summed E-state index contributed by atoms with van der Waals surface area (Å²) in [5, 5.41) is 0. The van der Waals surface area contributed by atoms with Gasteiger partial charge in [-0.05, 0) is 74.6 Å². The second-order valence-electron chi connectivity index (χ2n) is 7.29. The van der Waals surface area contributed by atoms with Crippen molar-refractivity contribution in [2.45, 2.75) is 58.5 Å². The molecule has 3 rings (SSSR count). The summed E-state index contributed by atoms with van der Waals surface area (Å²) in [5.74, 6) is 0. The maximum Gasteiger partial charge on any atom is 0.308 e. The van der Waals surface area contributed by atoms with E-state index < -0.39 is 10.0 Å². The summed E-state index contributed by atoms with van der Waals surface area (Å²) >= 11 is 1.09. The molecule has 0 aliphatic carbocycles. The average molecular weight is 419 g/mol. The van der Waals surface area contributed by atoms with Crippen molar-refractivity contribution in [3.8, 4) is 0 Å². The van der Waals surface area contributed by atoms with Crippen LogP contribution in [0, 0.1) is 20.8 Å².